The number of aromatic nitrogens is 3. The van der Waals surface area contributed by atoms with Crippen LogP contribution in [0.5, 0.6) is 0 Å². The second-order valence-corrected chi connectivity index (χ2v) is 7.58. The summed E-state index contributed by atoms with van der Waals surface area (Å²) in [4.78, 5) is 28.4. The standard InChI is InChI=1S/C13H16N4O3S3/c1-4-8-14-7(3)10(22-8)11(19)15-12-16-17-13(23-12)21-6-9(18)20-5-2/h4-6H2,1-3H3,(H,15,16,19). The lowest BCUT2D eigenvalue weighted by Gasteiger charge is -1.98. The van der Waals surface area contributed by atoms with Crippen molar-refractivity contribution in [3.63, 3.8) is 0 Å². The van der Waals surface area contributed by atoms with Crippen molar-refractivity contribution >= 4 is 51.4 Å². The Morgan fingerprint density at radius 3 is 2.70 bits per heavy atom. The van der Waals surface area contributed by atoms with Gasteiger partial charge in [0.15, 0.2) is 4.34 Å². The number of aryl methyl sites for hydroxylation is 2. The van der Waals surface area contributed by atoms with E-state index in [0.29, 0.717) is 26.6 Å². The predicted molar refractivity (Wildman–Crippen MR) is 91.4 cm³/mol. The number of nitrogens with zero attached hydrogens (tertiary/aromatic N) is 3. The zero-order valence-electron chi connectivity index (χ0n) is 12.9. The number of nitrogens with one attached hydrogen (secondary N) is 1. The topological polar surface area (TPSA) is 94.1 Å². The Kier molecular flexibility index (Phi) is 6.48. The molecular formula is C13H16N4O3S3. The van der Waals surface area contributed by atoms with Gasteiger partial charge in [0.1, 0.15) is 4.88 Å². The highest BCUT2D eigenvalue weighted by atomic mass is 32.2. The van der Waals surface area contributed by atoms with Crippen LogP contribution in [-0.4, -0.2) is 39.4 Å². The first-order valence-electron chi connectivity index (χ1n) is 6.93. The van der Waals surface area contributed by atoms with Gasteiger partial charge in [-0.15, -0.1) is 21.5 Å². The van der Waals surface area contributed by atoms with Crippen LogP contribution in [0.25, 0.3) is 0 Å². The summed E-state index contributed by atoms with van der Waals surface area (Å²) in [5.41, 5.74) is 0.714. The molecule has 0 bridgehead atoms. The average molecular weight is 372 g/mol. The maximum atomic E-state index is 12.2. The molecule has 2 aromatic heterocycles. The number of ether oxygens (including phenoxy) is 1. The van der Waals surface area contributed by atoms with Crippen molar-refractivity contribution in [1.29, 1.82) is 0 Å². The quantitative estimate of drug-likeness (QED) is 0.454. The third-order valence-corrected chi connectivity index (χ3v) is 5.84. The largest absolute Gasteiger partial charge is 0.465 e. The Balaban J connectivity index is 1.94. The van der Waals surface area contributed by atoms with E-state index in [2.05, 4.69) is 20.5 Å². The van der Waals surface area contributed by atoms with E-state index in [1.54, 1.807) is 6.92 Å². The molecule has 0 aliphatic heterocycles. The summed E-state index contributed by atoms with van der Waals surface area (Å²) in [5.74, 6) is -0.368. The third-order valence-electron chi connectivity index (χ3n) is 2.60. The number of carbonyl (C=O) groups excluding carboxylic acids is 2. The van der Waals surface area contributed by atoms with E-state index in [9.17, 15) is 9.59 Å². The van der Waals surface area contributed by atoms with Crippen LogP contribution in [0.15, 0.2) is 4.34 Å². The van der Waals surface area contributed by atoms with Crippen molar-refractivity contribution in [3.05, 3.63) is 15.6 Å². The van der Waals surface area contributed by atoms with Gasteiger partial charge in [-0.25, -0.2) is 4.98 Å². The van der Waals surface area contributed by atoms with Crippen LogP contribution in [0.3, 0.4) is 0 Å². The fourth-order valence-corrected chi connectivity index (χ4v) is 4.05. The lowest BCUT2D eigenvalue weighted by molar-refractivity contribution is -0.139. The van der Waals surface area contributed by atoms with E-state index >= 15 is 0 Å². The van der Waals surface area contributed by atoms with Gasteiger partial charge >= 0.3 is 5.97 Å². The van der Waals surface area contributed by atoms with Gasteiger partial charge in [0.2, 0.25) is 5.13 Å². The first-order valence-corrected chi connectivity index (χ1v) is 9.54. The number of esters is 1. The van der Waals surface area contributed by atoms with E-state index in [4.69, 9.17) is 4.74 Å². The molecule has 2 heterocycles. The Morgan fingerprint density at radius 2 is 2.04 bits per heavy atom. The molecule has 124 valence electrons. The molecule has 0 aliphatic rings. The van der Waals surface area contributed by atoms with Crippen molar-refractivity contribution in [2.75, 3.05) is 17.7 Å². The average Bonchev–Trinajstić information content (AvgIpc) is 3.11. The normalized spacial score (nSPS) is 10.6. The molecule has 1 amide bonds. The van der Waals surface area contributed by atoms with Gasteiger partial charge in [-0.05, 0) is 20.3 Å². The molecular weight excluding hydrogens is 356 g/mol. The van der Waals surface area contributed by atoms with Crippen LogP contribution in [0, 0.1) is 6.92 Å². The van der Waals surface area contributed by atoms with Crippen LogP contribution in [-0.2, 0) is 16.0 Å². The highest BCUT2D eigenvalue weighted by Gasteiger charge is 2.17. The Labute approximate surface area is 145 Å². The van der Waals surface area contributed by atoms with Crippen molar-refractivity contribution < 1.29 is 14.3 Å². The Bertz CT molecular complexity index is 698. The number of carbonyl (C=O) groups is 2. The Morgan fingerprint density at radius 1 is 1.26 bits per heavy atom. The second kappa shape index (κ2) is 8.37. The lowest BCUT2D eigenvalue weighted by atomic mass is 10.4. The molecule has 1 N–H and O–H groups in total. The lowest BCUT2D eigenvalue weighted by Crippen LogP contribution is -2.11. The highest BCUT2D eigenvalue weighted by molar-refractivity contribution is 8.01. The van der Waals surface area contributed by atoms with E-state index in [0.717, 1.165) is 11.4 Å². The van der Waals surface area contributed by atoms with Gasteiger partial charge in [-0.2, -0.15) is 0 Å². The highest BCUT2D eigenvalue weighted by Crippen LogP contribution is 2.27. The minimum absolute atomic E-state index is 0.171. The third kappa shape index (κ3) is 4.98. The molecule has 2 aromatic rings. The summed E-state index contributed by atoms with van der Waals surface area (Å²) in [6, 6.07) is 0. The molecule has 0 unspecified atom stereocenters. The van der Waals surface area contributed by atoms with E-state index in [-0.39, 0.29) is 17.6 Å². The fourth-order valence-electron chi connectivity index (χ4n) is 1.61. The van der Waals surface area contributed by atoms with Gasteiger partial charge in [-0.1, -0.05) is 30.0 Å². The summed E-state index contributed by atoms with van der Waals surface area (Å²) in [5, 5.41) is 11.9. The number of anilines is 1. The monoisotopic (exact) mass is 372 g/mol. The molecule has 0 radical (unpaired) electrons. The van der Waals surface area contributed by atoms with Crippen LogP contribution in [0.1, 0.15) is 34.2 Å². The summed E-state index contributed by atoms with van der Waals surface area (Å²) in [6.45, 7) is 5.92. The number of thiazole rings is 1. The van der Waals surface area contributed by atoms with Crippen molar-refractivity contribution in [2.24, 2.45) is 0 Å². The molecule has 0 spiro atoms. The van der Waals surface area contributed by atoms with Crippen LogP contribution in [0.2, 0.25) is 0 Å². The number of rotatable bonds is 7. The minimum atomic E-state index is -0.300. The predicted octanol–water partition coefficient (Wildman–Crippen LogP) is 2.77. The number of hydrogen-bond donors (Lipinski definition) is 1. The molecule has 0 aliphatic carbocycles. The summed E-state index contributed by atoms with van der Waals surface area (Å²) in [6.07, 6.45) is 0.798. The minimum Gasteiger partial charge on any atom is -0.465 e. The molecule has 10 heteroatoms. The van der Waals surface area contributed by atoms with Crippen LogP contribution in [0.4, 0.5) is 5.13 Å². The zero-order valence-corrected chi connectivity index (χ0v) is 15.4. The van der Waals surface area contributed by atoms with Crippen LogP contribution < -0.4 is 5.32 Å². The molecule has 7 nitrogen and oxygen atoms in total. The summed E-state index contributed by atoms with van der Waals surface area (Å²) < 4.78 is 5.44. The number of amides is 1. The molecule has 2 rings (SSSR count). The zero-order chi connectivity index (χ0) is 16.8. The second-order valence-electron chi connectivity index (χ2n) is 4.30. The number of hydrogen-bond acceptors (Lipinski definition) is 9. The van der Waals surface area contributed by atoms with E-state index in [1.807, 2.05) is 13.8 Å². The maximum absolute atomic E-state index is 12.2. The SMILES string of the molecule is CCOC(=O)CSc1nnc(NC(=O)c2sc(CC)nc2C)s1. The van der Waals surface area contributed by atoms with Gasteiger partial charge in [-0.3, -0.25) is 14.9 Å². The first-order chi connectivity index (χ1) is 11.0. The van der Waals surface area contributed by atoms with Gasteiger partial charge in [0.05, 0.1) is 23.1 Å². The van der Waals surface area contributed by atoms with Gasteiger partial charge in [0, 0.05) is 0 Å². The van der Waals surface area contributed by atoms with Crippen molar-refractivity contribution in [1.82, 2.24) is 15.2 Å². The number of thioether (sulfide) groups is 1. The Hall–Kier alpha value is -1.52. The smallest absolute Gasteiger partial charge is 0.316 e. The molecule has 0 saturated carbocycles. The van der Waals surface area contributed by atoms with Gasteiger partial charge < -0.3 is 4.74 Å². The van der Waals surface area contributed by atoms with Crippen molar-refractivity contribution in [3.8, 4) is 0 Å². The van der Waals surface area contributed by atoms with Crippen LogP contribution >= 0.6 is 34.4 Å². The van der Waals surface area contributed by atoms with E-state index < -0.39 is 0 Å². The molecule has 23 heavy (non-hydrogen) atoms. The van der Waals surface area contributed by atoms with Crippen molar-refractivity contribution in [2.45, 2.75) is 31.5 Å². The molecule has 0 aromatic carbocycles. The molecule has 0 atom stereocenters. The summed E-state index contributed by atoms with van der Waals surface area (Å²) in [7, 11) is 0. The van der Waals surface area contributed by atoms with Gasteiger partial charge in [0.25, 0.3) is 5.91 Å². The van der Waals surface area contributed by atoms with E-state index in [1.165, 1.54) is 34.4 Å². The molecule has 0 fully saturated rings. The molecule has 0 saturated heterocycles. The summed E-state index contributed by atoms with van der Waals surface area (Å²) >= 11 is 3.83. The fraction of sp³-hybridized carbons (Fsp3) is 0.462. The first kappa shape index (κ1) is 17.8. The maximum Gasteiger partial charge on any atom is 0.316 e.